The summed E-state index contributed by atoms with van der Waals surface area (Å²) in [5.74, 6) is -0.943. The molecule has 0 aliphatic carbocycles. The minimum Gasteiger partial charge on any atom is -0.481 e. The molecule has 0 bridgehead atoms. The molecule has 0 aliphatic rings. The van der Waals surface area contributed by atoms with Crippen LogP contribution in [0, 0.1) is 0 Å². The van der Waals surface area contributed by atoms with Crippen LogP contribution in [0.3, 0.4) is 0 Å². The van der Waals surface area contributed by atoms with Gasteiger partial charge in [0.2, 0.25) is 5.91 Å². The van der Waals surface area contributed by atoms with Crippen LogP contribution in [-0.2, 0) is 66.4 Å². The van der Waals surface area contributed by atoms with Crippen LogP contribution < -0.4 is 5.32 Å². The van der Waals surface area contributed by atoms with E-state index in [1.165, 1.54) is 6.92 Å². The molecule has 1 amide bonds. The fraction of sp³-hybridized carbons (Fsp3) is 0.931. The maximum absolute atomic E-state index is 10.7. The molecule has 2 N–H and O–H groups in total. The zero-order valence-corrected chi connectivity index (χ0v) is 27.0. The zero-order chi connectivity index (χ0) is 32.7. The van der Waals surface area contributed by atoms with Gasteiger partial charge in [-0.25, -0.2) is 0 Å². The van der Waals surface area contributed by atoms with Crippen molar-refractivity contribution in [1.29, 1.82) is 0 Å². The number of carbonyl (C=O) groups is 2. The maximum Gasteiger partial charge on any atom is 0.305 e. The van der Waals surface area contributed by atoms with Crippen molar-refractivity contribution in [2.24, 2.45) is 0 Å². The number of carboxylic acid groups (broad SMARTS) is 1. The first-order chi connectivity index (χ1) is 22.1. The van der Waals surface area contributed by atoms with Gasteiger partial charge in [0.05, 0.1) is 165 Å². The van der Waals surface area contributed by atoms with Gasteiger partial charge < -0.3 is 67.3 Å². The molecule has 0 rings (SSSR count). The monoisotopic (exact) mass is 659 g/mol. The average molecular weight is 660 g/mol. The number of rotatable bonds is 39. The quantitative estimate of drug-likeness (QED) is 0.0829. The Balaban J connectivity index is 3.05. The SMILES string of the molecule is CC(=O)NCCOCCOCCOCCOCCOCCOCCOCCOCCOCCOCCOCCOCCC(=O)O. The van der Waals surface area contributed by atoms with Gasteiger partial charge in [-0.2, -0.15) is 0 Å². The van der Waals surface area contributed by atoms with E-state index in [2.05, 4.69) is 5.32 Å². The van der Waals surface area contributed by atoms with Gasteiger partial charge in [0.1, 0.15) is 0 Å². The van der Waals surface area contributed by atoms with Crippen LogP contribution >= 0.6 is 0 Å². The van der Waals surface area contributed by atoms with E-state index >= 15 is 0 Å². The van der Waals surface area contributed by atoms with Crippen molar-refractivity contribution in [3.05, 3.63) is 0 Å². The first kappa shape index (κ1) is 43.5. The second kappa shape index (κ2) is 38.6. The lowest BCUT2D eigenvalue weighted by atomic mass is 10.5. The topological polar surface area (TPSA) is 177 Å². The first-order valence-electron chi connectivity index (χ1n) is 15.5. The molecule has 0 fully saturated rings. The summed E-state index contributed by atoms with van der Waals surface area (Å²) in [6.45, 7) is 13.0. The fourth-order valence-electron chi connectivity index (χ4n) is 2.98. The standard InChI is InChI=1S/C29H57NO15/c1-28(31)30-3-5-35-7-9-37-11-13-39-15-17-41-19-21-43-23-25-45-27-26-44-24-22-42-20-18-40-16-14-38-12-10-36-8-6-34-4-2-29(32)33/h2-27H2,1H3,(H,30,31)(H,32,33). The van der Waals surface area contributed by atoms with Crippen molar-refractivity contribution in [3.8, 4) is 0 Å². The number of carboxylic acids is 1. The Bertz CT molecular complexity index is 568. The molecule has 0 aromatic heterocycles. The van der Waals surface area contributed by atoms with Crippen molar-refractivity contribution in [3.63, 3.8) is 0 Å². The Hall–Kier alpha value is -1.54. The van der Waals surface area contributed by atoms with Crippen LogP contribution in [0.25, 0.3) is 0 Å². The Morgan fingerprint density at radius 2 is 0.578 bits per heavy atom. The number of hydrogen-bond acceptors (Lipinski definition) is 14. The van der Waals surface area contributed by atoms with E-state index in [0.717, 1.165) is 0 Å². The molecule has 0 spiro atoms. The lowest BCUT2D eigenvalue weighted by molar-refractivity contribution is -0.138. The minimum absolute atomic E-state index is 0.00488. The van der Waals surface area contributed by atoms with E-state index in [1.54, 1.807) is 0 Å². The van der Waals surface area contributed by atoms with E-state index < -0.39 is 5.97 Å². The summed E-state index contributed by atoms with van der Waals surface area (Å²) >= 11 is 0. The molecular formula is C29H57NO15. The van der Waals surface area contributed by atoms with Crippen molar-refractivity contribution < 1.29 is 71.5 Å². The third-order valence-corrected chi connectivity index (χ3v) is 5.17. The van der Waals surface area contributed by atoms with E-state index in [9.17, 15) is 9.59 Å². The molecule has 0 aliphatic heterocycles. The summed E-state index contributed by atoms with van der Waals surface area (Å²) in [5.41, 5.74) is 0. The molecule has 268 valence electrons. The Morgan fingerprint density at radius 3 is 0.778 bits per heavy atom. The summed E-state index contributed by atoms with van der Waals surface area (Å²) < 4.78 is 64.6. The number of carbonyl (C=O) groups excluding carboxylic acids is 1. The van der Waals surface area contributed by atoms with Gasteiger partial charge in [0.15, 0.2) is 0 Å². The third-order valence-electron chi connectivity index (χ3n) is 5.17. The lowest BCUT2D eigenvalue weighted by Gasteiger charge is -2.09. The van der Waals surface area contributed by atoms with Crippen LogP contribution in [0.4, 0.5) is 0 Å². The predicted octanol–water partition coefficient (Wildman–Crippen LogP) is -0.204. The summed E-state index contributed by atoms with van der Waals surface area (Å²) in [6, 6.07) is 0. The second-order valence-corrected chi connectivity index (χ2v) is 8.98. The van der Waals surface area contributed by atoms with Gasteiger partial charge in [-0.1, -0.05) is 0 Å². The van der Waals surface area contributed by atoms with Crippen LogP contribution in [0.2, 0.25) is 0 Å². The molecule has 45 heavy (non-hydrogen) atoms. The number of ether oxygens (including phenoxy) is 12. The smallest absolute Gasteiger partial charge is 0.305 e. The number of nitrogens with one attached hydrogen (secondary N) is 1. The van der Waals surface area contributed by atoms with Crippen LogP contribution in [0.1, 0.15) is 13.3 Å². The Morgan fingerprint density at radius 1 is 0.378 bits per heavy atom. The summed E-state index contributed by atoms with van der Waals surface area (Å²) in [5, 5.41) is 11.1. The predicted molar refractivity (Wildman–Crippen MR) is 161 cm³/mol. The number of amides is 1. The molecule has 0 heterocycles. The summed E-state index contributed by atoms with van der Waals surface area (Å²) in [4.78, 5) is 21.0. The van der Waals surface area contributed by atoms with Gasteiger partial charge in [-0.05, 0) is 0 Å². The average Bonchev–Trinajstić information content (AvgIpc) is 3.02. The van der Waals surface area contributed by atoms with Gasteiger partial charge in [0.25, 0.3) is 0 Å². The normalized spacial score (nSPS) is 11.3. The summed E-state index contributed by atoms with van der Waals surface area (Å²) in [6.07, 6.45) is -0.00488. The molecule has 0 saturated heterocycles. The van der Waals surface area contributed by atoms with E-state index in [1.807, 2.05) is 0 Å². The second-order valence-electron chi connectivity index (χ2n) is 8.98. The Kier molecular flexibility index (Phi) is 37.3. The van der Waals surface area contributed by atoms with Gasteiger partial charge in [-0.15, -0.1) is 0 Å². The minimum atomic E-state index is -0.877. The van der Waals surface area contributed by atoms with Crippen molar-refractivity contribution >= 4 is 11.9 Å². The fourth-order valence-corrected chi connectivity index (χ4v) is 2.98. The highest BCUT2D eigenvalue weighted by Gasteiger charge is 1.98. The molecular weight excluding hydrogens is 602 g/mol. The molecule has 0 saturated carbocycles. The largest absolute Gasteiger partial charge is 0.481 e. The molecule has 16 nitrogen and oxygen atoms in total. The molecule has 0 aromatic rings. The molecule has 0 atom stereocenters. The molecule has 0 unspecified atom stereocenters. The Labute approximate surface area is 267 Å². The van der Waals surface area contributed by atoms with Crippen molar-refractivity contribution in [2.75, 3.05) is 165 Å². The zero-order valence-electron chi connectivity index (χ0n) is 27.0. The molecule has 0 radical (unpaired) electrons. The van der Waals surface area contributed by atoms with Crippen molar-refractivity contribution in [1.82, 2.24) is 5.32 Å². The lowest BCUT2D eigenvalue weighted by Crippen LogP contribution is -2.25. The number of aliphatic carboxylic acids is 1. The molecule has 0 aromatic carbocycles. The first-order valence-corrected chi connectivity index (χ1v) is 15.5. The highest BCUT2D eigenvalue weighted by atomic mass is 16.6. The van der Waals surface area contributed by atoms with Crippen LogP contribution in [0.5, 0.6) is 0 Å². The molecule has 16 heteroatoms. The van der Waals surface area contributed by atoms with E-state index in [4.69, 9.17) is 61.9 Å². The van der Waals surface area contributed by atoms with Gasteiger partial charge in [-0.3, -0.25) is 9.59 Å². The van der Waals surface area contributed by atoms with Crippen LogP contribution in [-0.4, -0.2) is 182 Å². The van der Waals surface area contributed by atoms with Crippen LogP contribution in [0.15, 0.2) is 0 Å². The maximum atomic E-state index is 10.7. The van der Waals surface area contributed by atoms with Gasteiger partial charge >= 0.3 is 5.97 Å². The number of hydrogen-bond donors (Lipinski definition) is 2. The van der Waals surface area contributed by atoms with E-state index in [0.29, 0.717) is 159 Å². The van der Waals surface area contributed by atoms with E-state index in [-0.39, 0.29) is 18.9 Å². The summed E-state index contributed by atoms with van der Waals surface area (Å²) in [7, 11) is 0. The highest BCUT2D eigenvalue weighted by molar-refractivity contribution is 5.72. The highest BCUT2D eigenvalue weighted by Crippen LogP contribution is 1.88. The van der Waals surface area contributed by atoms with Crippen molar-refractivity contribution in [2.45, 2.75) is 13.3 Å². The van der Waals surface area contributed by atoms with Gasteiger partial charge in [0, 0.05) is 13.5 Å². The third kappa shape index (κ3) is 42.5.